The maximum absolute atomic E-state index is 13.5. The van der Waals surface area contributed by atoms with Crippen LogP contribution in [0.1, 0.15) is 17.5 Å². The zero-order valence-electron chi connectivity index (χ0n) is 15.0. The molecule has 5 nitrogen and oxygen atoms in total. The van der Waals surface area contributed by atoms with Crippen LogP contribution in [0, 0.1) is 11.6 Å². The van der Waals surface area contributed by atoms with E-state index in [2.05, 4.69) is 34.7 Å². The van der Waals surface area contributed by atoms with Crippen LogP contribution in [0.4, 0.5) is 20.2 Å². The number of nitrogens with one attached hydrogen (secondary N) is 2. The van der Waals surface area contributed by atoms with Crippen molar-refractivity contribution in [3.05, 3.63) is 59.2 Å². The lowest BCUT2D eigenvalue weighted by molar-refractivity contribution is -0.136. The van der Waals surface area contributed by atoms with Crippen LogP contribution < -0.4 is 15.5 Å². The average Bonchev–Trinajstić information content (AvgIpc) is 2.64. The van der Waals surface area contributed by atoms with E-state index in [0.29, 0.717) is 6.42 Å². The number of aryl methyl sites for hydroxylation is 1. The van der Waals surface area contributed by atoms with Gasteiger partial charge in [-0.2, -0.15) is 0 Å². The summed E-state index contributed by atoms with van der Waals surface area (Å²) >= 11 is 0. The molecule has 27 heavy (non-hydrogen) atoms. The van der Waals surface area contributed by atoms with Gasteiger partial charge in [0.15, 0.2) is 0 Å². The molecule has 0 radical (unpaired) electrons. The Bertz CT molecular complexity index is 870. The van der Waals surface area contributed by atoms with Crippen LogP contribution in [-0.2, 0) is 22.4 Å². The van der Waals surface area contributed by atoms with Crippen LogP contribution in [-0.4, -0.2) is 32.0 Å². The maximum atomic E-state index is 13.5. The zero-order chi connectivity index (χ0) is 19.4. The van der Waals surface area contributed by atoms with Crippen LogP contribution in [0.15, 0.2) is 36.4 Å². The van der Waals surface area contributed by atoms with E-state index >= 15 is 0 Å². The Kier molecular flexibility index (Phi) is 5.69. The summed E-state index contributed by atoms with van der Waals surface area (Å²) in [6, 6.07) is 8.85. The molecule has 2 aromatic carbocycles. The van der Waals surface area contributed by atoms with Crippen molar-refractivity contribution in [1.29, 1.82) is 0 Å². The van der Waals surface area contributed by atoms with E-state index in [4.69, 9.17) is 0 Å². The predicted octanol–water partition coefficient (Wildman–Crippen LogP) is 2.64. The number of fused-ring (bicyclic) bond motifs is 1. The lowest BCUT2D eigenvalue weighted by Crippen LogP contribution is -2.36. The van der Waals surface area contributed by atoms with Crippen molar-refractivity contribution in [2.45, 2.75) is 19.3 Å². The molecule has 0 fully saturated rings. The number of benzene rings is 2. The molecular formula is C20H21F2N3O2. The van der Waals surface area contributed by atoms with Gasteiger partial charge in [-0.15, -0.1) is 0 Å². The van der Waals surface area contributed by atoms with Crippen LogP contribution in [0.25, 0.3) is 0 Å². The highest BCUT2D eigenvalue weighted by atomic mass is 19.1. The normalized spacial score (nSPS) is 13.1. The molecule has 0 atom stereocenters. The first-order valence-corrected chi connectivity index (χ1v) is 8.81. The summed E-state index contributed by atoms with van der Waals surface area (Å²) in [5.74, 6) is -3.44. The number of nitrogens with zero attached hydrogens (tertiary/aromatic N) is 1. The van der Waals surface area contributed by atoms with Crippen molar-refractivity contribution in [3.63, 3.8) is 0 Å². The molecule has 0 aliphatic carbocycles. The number of hydrogen-bond acceptors (Lipinski definition) is 3. The molecule has 7 heteroatoms. The molecule has 0 saturated carbocycles. The van der Waals surface area contributed by atoms with Gasteiger partial charge in [0.2, 0.25) is 0 Å². The highest BCUT2D eigenvalue weighted by Gasteiger charge is 2.16. The van der Waals surface area contributed by atoms with Crippen LogP contribution in [0.3, 0.4) is 0 Å². The van der Waals surface area contributed by atoms with Crippen molar-refractivity contribution < 1.29 is 18.4 Å². The molecule has 0 spiro atoms. The standard InChI is InChI=1S/C20H21F2N3O2/c1-25-10-2-3-14-11-13(4-7-18(14)25)8-9-23-19(26)20(27)24-17-12-15(21)5-6-16(17)22/h4-7,11-12H,2-3,8-10H2,1H3,(H,23,26)(H,24,27). The zero-order valence-corrected chi connectivity index (χ0v) is 15.0. The Morgan fingerprint density at radius 1 is 1.11 bits per heavy atom. The first kappa shape index (κ1) is 18.8. The number of rotatable bonds is 4. The summed E-state index contributed by atoms with van der Waals surface area (Å²) in [4.78, 5) is 25.9. The lowest BCUT2D eigenvalue weighted by atomic mass is 9.98. The summed E-state index contributed by atoms with van der Waals surface area (Å²) in [5, 5.41) is 4.57. The average molecular weight is 373 g/mol. The number of halogens is 2. The Labute approximate surface area is 156 Å². The second kappa shape index (κ2) is 8.16. The molecule has 0 unspecified atom stereocenters. The minimum absolute atomic E-state index is 0.270. The third kappa shape index (κ3) is 4.61. The van der Waals surface area contributed by atoms with Gasteiger partial charge in [0.05, 0.1) is 5.69 Å². The van der Waals surface area contributed by atoms with Gasteiger partial charge in [-0.25, -0.2) is 8.78 Å². The van der Waals surface area contributed by atoms with Gasteiger partial charge in [-0.3, -0.25) is 9.59 Å². The smallest absolute Gasteiger partial charge is 0.313 e. The van der Waals surface area contributed by atoms with Crippen LogP contribution in [0.5, 0.6) is 0 Å². The summed E-state index contributed by atoms with van der Waals surface area (Å²) < 4.78 is 26.6. The first-order valence-electron chi connectivity index (χ1n) is 8.81. The van der Waals surface area contributed by atoms with E-state index in [-0.39, 0.29) is 12.2 Å². The van der Waals surface area contributed by atoms with E-state index < -0.39 is 23.4 Å². The van der Waals surface area contributed by atoms with Gasteiger partial charge in [0.1, 0.15) is 11.6 Å². The third-order valence-electron chi connectivity index (χ3n) is 4.58. The fourth-order valence-corrected chi connectivity index (χ4v) is 3.17. The second-order valence-electron chi connectivity index (χ2n) is 6.57. The topological polar surface area (TPSA) is 61.4 Å². The molecular weight excluding hydrogens is 352 g/mol. The van der Waals surface area contributed by atoms with Crippen molar-refractivity contribution in [2.24, 2.45) is 0 Å². The van der Waals surface area contributed by atoms with Crippen molar-refractivity contribution >= 4 is 23.2 Å². The van der Waals surface area contributed by atoms with Gasteiger partial charge in [-0.05, 0) is 48.6 Å². The molecule has 142 valence electrons. The minimum atomic E-state index is -1.04. The Hall–Kier alpha value is -2.96. The summed E-state index contributed by atoms with van der Waals surface area (Å²) in [6.45, 7) is 1.32. The van der Waals surface area contributed by atoms with Crippen molar-refractivity contribution in [3.8, 4) is 0 Å². The van der Waals surface area contributed by atoms with Crippen LogP contribution in [0.2, 0.25) is 0 Å². The van der Waals surface area contributed by atoms with E-state index in [1.807, 2.05) is 6.07 Å². The molecule has 2 amide bonds. The highest BCUT2D eigenvalue weighted by molar-refractivity contribution is 6.39. The van der Waals surface area contributed by atoms with Crippen molar-refractivity contribution in [1.82, 2.24) is 5.32 Å². The van der Waals surface area contributed by atoms with E-state index in [9.17, 15) is 18.4 Å². The Balaban J connectivity index is 1.52. The van der Waals surface area contributed by atoms with Gasteiger partial charge in [0.25, 0.3) is 0 Å². The first-order chi connectivity index (χ1) is 12.9. The predicted molar refractivity (Wildman–Crippen MR) is 99.7 cm³/mol. The van der Waals surface area contributed by atoms with Crippen LogP contribution >= 0.6 is 0 Å². The number of carbonyl (C=O) groups is 2. The minimum Gasteiger partial charge on any atom is -0.374 e. The Morgan fingerprint density at radius 3 is 2.74 bits per heavy atom. The fourth-order valence-electron chi connectivity index (χ4n) is 3.17. The highest BCUT2D eigenvalue weighted by Crippen LogP contribution is 2.26. The molecule has 0 aromatic heterocycles. The molecule has 1 aliphatic heterocycles. The van der Waals surface area contributed by atoms with E-state index in [1.54, 1.807) is 0 Å². The molecule has 2 N–H and O–H groups in total. The third-order valence-corrected chi connectivity index (χ3v) is 4.58. The number of hydrogen-bond donors (Lipinski definition) is 2. The molecule has 0 bridgehead atoms. The number of amides is 2. The summed E-state index contributed by atoms with van der Waals surface area (Å²) in [5.41, 5.74) is 3.22. The summed E-state index contributed by atoms with van der Waals surface area (Å²) in [7, 11) is 2.07. The second-order valence-corrected chi connectivity index (χ2v) is 6.57. The van der Waals surface area contributed by atoms with Gasteiger partial charge >= 0.3 is 11.8 Å². The van der Waals surface area contributed by atoms with Gasteiger partial charge in [0, 0.05) is 31.9 Å². The number of carbonyl (C=O) groups excluding carboxylic acids is 2. The molecule has 3 rings (SSSR count). The monoisotopic (exact) mass is 373 g/mol. The molecule has 1 aliphatic rings. The largest absolute Gasteiger partial charge is 0.374 e. The molecule has 0 saturated heterocycles. The number of anilines is 2. The molecule has 1 heterocycles. The fraction of sp³-hybridized carbons (Fsp3) is 0.300. The van der Waals surface area contributed by atoms with Gasteiger partial charge in [-0.1, -0.05) is 12.1 Å². The quantitative estimate of drug-likeness (QED) is 0.810. The van der Waals surface area contributed by atoms with E-state index in [1.165, 1.54) is 11.3 Å². The Morgan fingerprint density at radius 2 is 1.93 bits per heavy atom. The SMILES string of the molecule is CN1CCCc2cc(CCNC(=O)C(=O)Nc3cc(F)ccc3F)ccc21. The maximum Gasteiger partial charge on any atom is 0.313 e. The molecule has 2 aromatic rings. The van der Waals surface area contributed by atoms with Gasteiger partial charge < -0.3 is 15.5 Å². The lowest BCUT2D eigenvalue weighted by Gasteiger charge is -2.27. The van der Waals surface area contributed by atoms with E-state index in [0.717, 1.165) is 43.1 Å². The van der Waals surface area contributed by atoms with Crippen molar-refractivity contribution in [2.75, 3.05) is 30.4 Å². The summed E-state index contributed by atoms with van der Waals surface area (Å²) in [6.07, 6.45) is 2.71.